The SMILES string of the molecule is BC(=O)NCC(=O)OC. The molecule has 0 heterocycles. The van der Waals surface area contributed by atoms with Crippen LogP contribution in [0.1, 0.15) is 0 Å². The topological polar surface area (TPSA) is 55.4 Å². The third-order valence-electron chi connectivity index (χ3n) is 0.709. The molecule has 0 fully saturated rings. The molecule has 0 unspecified atom stereocenters. The number of hydrogen-bond acceptors (Lipinski definition) is 3. The third kappa shape index (κ3) is 4.87. The molecule has 0 saturated heterocycles. The molecule has 0 atom stereocenters. The van der Waals surface area contributed by atoms with Crippen LogP contribution >= 0.6 is 0 Å². The normalized spacial score (nSPS) is 8.11. The number of rotatable bonds is 2. The zero-order chi connectivity index (χ0) is 7.28. The van der Waals surface area contributed by atoms with Crippen molar-refractivity contribution in [1.29, 1.82) is 0 Å². The number of hydrogen-bond donors (Lipinski definition) is 1. The van der Waals surface area contributed by atoms with Crippen molar-refractivity contribution in [2.45, 2.75) is 0 Å². The molecule has 1 amide bonds. The second-order valence-corrected chi connectivity index (χ2v) is 1.49. The summed E-state index contributed by atoms with van der Waals surface area (Å²) in [7, 11) is 2.60. The van der Waals surface area contributed by atoms with Crippen molar-refractivity contribution in [3.8, 4) is 0 Å². The van der Waals surface area contributed by atoms with Crippen LogP contribution < -0.4 is 5.32 Å². The Bertz CT molecular complexity index is 125. The lowest BCUT2D eigenvalue weighted by Gasteiger charge is -1.97. The maximum Gasteiger partial charge on any atom is 0.325 e. The summed E-state index contributed by atoms with van der Waals surface area (Å²) in [6.07, 6.45) is 0. The summed E-state index contributed by atoms with van der Waals surface area (Å²) in [5.74, 6) is -0.675. The predicted octanol–water partition coefficient (Wildman–Crippen LogP) is -1.50. The van der Waals surface area contributed by atoms with Crippen LogP contribution in [0, 0.1) is 0 Å². The van der Waals surface area contributed by atoms with Crippen molar-refractivity contribution in [3.63, 3.8) is 0 Å². The van der Waals surface area contributed by atoms with Crippen LogP contribution in [0.5, 0.6) is 0 Å². The molecule has 50 valence electrons. The number of ether oxygens (including phenoxy) is 1. The van der Waals surface area contributed by atoms with Crippen LogP contribution in [0.3, 0.4) is 0 Å². The highest BCUT2D eigenvalue weighted by atomic mass is 16.5. The molecule has 0 radical (unpaired) electrons. The molecular formula is C4H8BNO3. The quantitative estimate of drug-likeness (QED) is 0.364. The van der Waals surface area contributed by atoms with Crippen LogP contribution in [0.2, 0.25) is 0 Å². The molecule has 0 aliphatic carbocycles. The summed E-state index contributed by atoms with van der Waals surface area (Å²) < 4.78 is 4.25. The number of methoxy groups -OCH3 is 1. The zero-order valence-electron chi connectivity index (χ0n) is 5.43. The Kier molecular flexibility index (Phi) is 3.51. The fourth-order valence-electron chi connectivity index (χ4n) is 0.269. The maximum absolute atomic E-state index is 10.3. The van der Waals surface area contributed by atoms with Crippen molar-refractivity contribution in [1.82, 2.24) is 5.32 Å². The van der Waals surface area contributed by atoms with Gasteiger partial charge < -0.3 is 10.1 Å². The summed E-state index contributed by atoms with van der Waals surface area (Å²) in [6.45, 7) is -0.0498. The van der Waals surface area contributed by atoms with Crippen LogP contribution in [0.15, 0.2) is 0 Å². The van der Waals surface area contributed by atoms with Crippen molar-refractivity contribution in [2.24, 2.45) is 0 Å². The van der Waals surface area contributed by atoms with Crippen LogP contribution in [0.25, 0.3) is 0 Å². The Balaban J connectivity index is 3.28. The summed E-state index contributed by atoms with van der Waals surface area (Å²) in [5, 5.41) is 2.28. The molecule has 0 aromatic carbocycles. The summed E-state index contributed by atoms with van der Waals surface area (Å²) in [5.41, 5.74) is 0. The first-order chi connectivity index (χ1) is 4.16. The van der Waals surface area contributed by atoms with E-state index in [1.165, 1.54) is 15.0 Å². The van der Waals surface area contributed by atoms with Gasteiger partial charge in [-0.25, -0.2) is 0 Å². The lowest BCUT2D eigenvalue weighted by Crippen LogP contribution is -2.28. The Morgan fingerprint density at radius 1 is 1.67 bits per heavy atom. The van der Waals surface area contributed by atoms with E-state index in [2.05, 4.69) is 10.1 Å². The van der Waals surface area contributed by atoms with Crippen molar-refractivity contribution in [2.75, 3.05) is 13.7 Å². The molecule has 0 bridgehead atoms. The van der Waals surface area contributed by atoms with Gasteiger partial charge in [-0.05, 0) is 0 Å². The Labute approximate surface area is 54.0 Å². The lowest BCUT2D eigenvalue weighted by molar-refractivity contribution is -0.139. The van der Waals surface area contributed by atoms with Gasteiger partial charge in [0.05, 0.1) is 7.11 Å². The smallest absolute Gasteiger partial charge is 0.325 e. The molecule has 4 nitrogen and oxygen atoms in total. The van der Waals surface area contributed by atoms with Gasteiger partial charge in [0, 0.05) is 0 Å². The van der Waals surface area contributed by atoms with Gasteiger partial charge in [0.1, 0.15) is 6.54 Å². The van der Waals surface area contributed by atoms with Crippen molar-refractivity contribution in [3.05, 3.63) is 0 Å². The fourth-order valence-corrected chi connectivity index (χ4v) is 0.269. The van der Waals surface area contributed by atoms with E-state index in [-0.39, 0.29) is 12.4 Å². The number of carbonyl (C=O) groups is 2. The standard InChI is InChI=1S/C4H8BNO3/c1-9-3(7)2-6-4(5)8/h2,5H2,1H3,(H,6,8). The van der Waals surface area contributed by atoms with Gasteiger partial charge in [-0.15, -0.1) is 0 Å². The van der Waals surface area contributed by atoms with Gasteiger partial charge in [0.25, 0.3) is 0 Å². The van der Waals surface area contributed by atoms with Crippen LogP contribution in [0.4, 0.5) is 4.79 Å². The minimum absolute atomic E-state index is 0.0498. The average molecular weight is 129 g/mol. The molecule has 5 heteroatoms. The number of esters is 1. The summed E-state index contributed by atoms with van der Waals surface area (Å²) in [6, 6.07) is 0. The van der Waals surface area contributed by atoms with Crippen molar-refractivity contribution >= 4 is 19.6 Å². The molecule has 1 N–H and O–H groups in total. The highest BCUT2D eigenvalue weighted by molar-refractivity contribution is 6.57. The molecule has 0 aromatic rings. The van der Waals surface area contributed by atoms with E-state index < -0.39 is 5.97 Å². The van der Waals surface area contributed by atoms with Gasteiger partial charge in [-0.3, -0.25) is 9.59 Å². The van der Waals surface area contributed by atoms with E-state index in [1.54, 1.807) is 0 Å². The van der Waals surface area contributed by atoms with Gasteiger partial charge in [0.2, 0.25) is 7.85 Å². The van der Waals surface area contributed by atoms with Crippen molar-refractivity contribution < 1.29 is 14.3 Å². The summed E-state index contributed by atoms with van der Waals surface area (Å²) >= 11 is 0. The highest BCUT2D eigenvalue weighted by Gasteiger charge is 1.98. The average Bonchev–Trinajstić information content (AvgIpc) is 1.83. The minimum atomic E-state index is -0.440. The Morgan fingerprint density at radius 3 is 2.56 bits per heavy atom. The zero-order valence-corrected chi connectivity index (χ0v) is 5.43. The van der Waals surface area contributed by atoms with E-state index >= 15 is 0 Å². The lowest BCUT2D eigenvalue weighted by atomic mass is 10.1. The first kappa shape index (κ1) is 8.00. The van der Waals surface area contributed by atoms with Gasteiger partial charge in [0.15, 0.2) is 5.81 Å². The number of amides is 1. The monoisotopic (exact) mass is 129 g/mol. The second-order valence-electron chi connectivity index (χ2n) is 1.49. The molecule has 9 heavy (non-hydrogen) atoms. The molecule has 0 aromatic heterocycles. The minimum Gasteiger partial charge on any atom is -0.468 e. The fraction of sp³-hybridized carbons (Fsp3) is 0.500. The maximum atomic E-state index is 10.3. The number of carbonyl (C=O) groups excluding carboxylic acids is 2. The van der Waals surface area contributed by atoms with Crippen LogP contribution in [-0.4, -0.2) is 33.3 Å². The highest BCUT2D eigenvalue weighted by Crippen LogP contribution is 1.68. The van der Waals surface area contributed by atoms with Gasteiger partial charge >= 0.3 is 5.97 Å². The van der Waals surface area contributed by atoms with E-state index in [0.717, 1.165) is 0 Å². The third-order valence-corrected chi connectivity index (χ3v) is 0.709. The molecule has 0 aliphatic rings. The molecule has 0 aliphatic heterocycles. The first-order valence-electron chi connectivity index (χ1n) is 2.48. The first-order valence-corrected chi connectivity index (χ1v) is 2.48. The Morgan fingerprint density at radius 2 is 2.22 bits per heavy atom. The van der Waals surface area contributed by atoms with E-state index in [4.69, 9.17) is 0 Å². The second kappa shape index (κ2) is 3.94. The molecule has 0 rings (SSSR count). The molecule has 0 saturated carbocycles. The van der Waals surface area contributed by atoms with E-state index in [9.17, 15) is 9.59 Å². The molecule has 0 spiro atoms. The Hall–Kier alpha value is -0.995. The largest absolute Gasteiger partial charge is 0.468 e. The summed E-state index contributed by atoms with van der Waals surface area (Å²) in [4.78, 5) is 20.4. The van der Waals surface area contributed by atoms with Gasteiger partial charge in [-0.1, -0.05) is 0 Å². The van der Waals surface area contributed by atoms with Crippen LogP contribution in [-0.2, 0) is 9.53 Å². The number of nitrogens with one attached hydrogen (secondary N) is 1. The molecular weight excluding hydrogens is 121 g/mol. The van der Waals surface area contributed by atoms with E-state index in [0.29, 0.717) is 0 Å². The van der Waals surface area contributed by atoms with Gasteiger partial charge in [-0.2, -0.15) is 0 Å². The predicted molar refractivity (Wildman–Crippen MR) is 34.0 cm³/mol. The van der Waals surface area contributed by atoms with E-state index in [1.807, 2.05) is 0 Å².